The Balaban J connectivity index is 2.16. The summed E-state index contributed by atoms with van der Waals surface area (Å²) in [4.78, 5) is 29.2. The molecule has 1 saturated heterocycles. The van der Waals surface area contributed by atoms with Gasteiger partial charge in [0.15, 0.2) is 6.23 Å². The minimum absolute atomic E-state index is 0.0405. The molecule has 0 bridgehead atoms. The molecular weight excluding hydrogens is 321 g/mol. The number of ether oxygens (including phenoxy) is 2. The number of rotatable bonds is 6. The summed E-state index contributed by atoms with van der Waals surface area (Å²) in [6.45, 7) is 0. The molecule has 0 spiro atoms. The van der Waals surface area contributed by atoms with E-state index in [0.717, 1.165) is 4.57 Å². The van der Waals surface area contributed by atoms with Gasteiger partial charge in [0.2, 0.25) is 14.7 Å². The molecule has 2 heterocycles. The lowest BCUT2D eigenvalue weighted by atomic mass is 10.2. The lowest BCUT2D eigenvalue weighted by Crippen LogP contribution is -2.37. The van der Waals surface area contributed by atoms with Gasteiger partial charge in [-0.15, -0.1) is 0 Å². The second kappa shape index (κ2) is 7.40. The van der Waals surface area contributed by atoms with Crippen LogP contribution >= 0.6 is 8.38 Å². The largest absolute Gasteiger partial charge is 0.387 e. The number of anilines is 1. The Morgan fingerprint density at radius 2 is 2.32 bits per heavy atom. The first kappa shape index (κ1) is 17.2. The zero-order valence-corrected chi connectivity index (χ0v) is 12.4. The highest BCUT2D eigenvalue weighted by Gasteiger charge is 2.47. The van der Waals surface area contributed by atoms with Gasteiger partial charge in [0.05, 0.1) is 0 Å². The highest BCUT2D eigenvalue weighted by molar-refractivity contribution is 7.45. The van der Waals surface area contributed by atoms with E-state index < -0.39 is 45.1 Å². The van der Waals surface area contributed by atoms with Gasteiger partial charge < -0.3 is 30.3 Å². The van der Waals surface area contributed by atoms with E-state index in [1.165, 1.54) is 19.4 Å². The van der Waals surface area contributed by atoms with Gasteiger partial charge in [-0.05, 0) is 6.07 Å². The molecule has 0 saturated carbocycles. The predicted octanol–water partition coefficient (Wildman–Crippen LogP) is -1.74. The van der Waals surface area contributed by atoms with Crippen molar-refractivity contribution in [1.29, 1.82) is 0 Å². The normalized spacial score (nSPS) is 29.6. The number of hydrogen-bond acceptors (Lipinski definition) is 10. The van der Waals surface area contributed by atoms with Crippen LogP contribution in [0.25, 0.3) is 0 Å². The van der Waals surface area contributed by atoms with Crippen molar-refractivity contribution in [3.8, 4) is 0 Å². The number of aliphatic hydroxyl groups is 2. The molecule has 1 aliphatic rings. The lowest BCUT2D eigenvalue weighted by Gasteiger charge is -2.19. The van der Waals surface area contributed by atoms with Crippen LogP contribution in [-0.4, -0.2) is 56.6 Å². The van der Waals surface area contributed by atoms with E-state index in [2.05, 4.69) is 9.66 Å². The number of nitrogens with zero attached hydrogens (tertiary/aromatic N) is 2. The van der Waals surface area contributed by atoms with E-state index in [0.29, 0.717) is 0 Å². The number of aromatic nitrogens is 2. The standard InChI is InChI=1S/C10H16N3O8P/c1-18-7-6(15)9(20-21-22(17)4-14)19-8(7)13-3-2-5(11)12-10(13)16/h2-3,6-9,14-15,17H,4H2,1H3,(H2,11,12,16)/t6-,7?,8-,9-,22?/m1/s1. The van der Waals surface area contributed by atoms with Crippen molar-refractivity contribution in [2.24, 2.45) is 0 Å². The molecule has 0 amide bonds. The van der Waals surface area contributed by atoms with Crippen LogP contribution < -0.4 is 11.4 Å². The SMILES string of the molecule is COC1[C@@H](O)[C@@H](OOP(O)CO)O[C@H]1n1ccc(N)nc1=O. The van der Waals surface area contributed by atoms with Gasteiger partial charge in [-0.3, -0.25) is 4.57 Å². The molecule has 22 heavy (non-hydrogen) atoms. The molecule has 2 unspecified atom stereocenters. The Kier molecular flexibility index (Phi) is 5.78. The smallest absolute Gasteiger partial charge is 0.351 e. The number of nitrogen functional groups attached to an aromatic ring is 1. The third-order valence-corrected chi connectivity index (χ3v) is 3.41. The fourth-order valence-corrected chi connectivity index (χ4v) is 2.14. The summed E-state index contributed by atoms with van der Waals surface area (Å²) in [6, 6.07) is 1.38. The van der Waals surface area contributed by atoms with Crippen molar-refractivity contribution in [2.45, 2.75) is 24.7 Å². The van der Waals surface area contributed by atoms with Crippen LogP contribution in [0.3, 0.4) is 0 Å². The summed E-state index contributed by atoms with van der Waals surface area (Å²) in [5, 5.41) is 18.7. The maximum atomic E-state index is 11.8. The molecule has 0 aliphatic carbocycles. The van der Waals surface area contributed by atoms with E-state index in [-0.39, 0.29) is 5.82 Å². The molecule has 11 nitrogen and oxygen atoms in total. The molecule has 0 radical (unpaired) electrons. The van der Waals surface area contributed by atoms with Gasteiger partial charge in [0.1, 0.15) is 24.4 Å². The molecule has 12 heteroatoms. The van der Waals surface area contributed by atoms with Crippen molar-refractivity contribution in [2.75, 3.05) is 19.2 Å². The quantitative estimate of drug-likeness (QED) is 0.266. The van der Waals surface area contributed by atoms with Gasteiger partial charge >= 0.3 is 5.69 Å². The van der Waals surface area contributed by atoms with Gasteiger partial charge in [0, 0.05) is 13.3 Å². The fraction of sp³-hybridized carbons (Fsp3) is 0.600. The number of aliphatic hydroxyl groups excluding tert-OH is 2. The minimum atomic E-state index is -2.21. The van der Waals surface area contributed by atoms with Gasteiger partial charge in [-0.1, -0.05) is 0 Å². The van der Waals surface area contributed by atoms with Crippen LogP contribution in [0, 0.1) is 0 Å². The van der Waals surface area contributed by atoms with Gasteiger partial charge in [-0.25, -0.2) is 4.79 Å². The number of hydrogen-bond donors (Lipinski definition) is 4. The van der Waals surface area contributed by atoms with Crippen molar-refractivity contribution >= 4 is 14.2 Å². The molecule has 5 N–H and O–H groups in total. The molecule has 5 atom stereocenters. The van der Waals surface area contributed by atoms with E-state index >= 15 is 0 Å². The van der Waals surface area contributed by atoms with Crippen LogP contribution in [0.1, 0.15) is 6.23 Å². The molecule has 1 aromatic rings. The summed E-state index contributed by atoms with van der Waals surface area (Å²) in [7, 11) is -0.892. The fourth-order valence-electron chi connectivity index (χ4n) is 1.91. The molecule has 0 aromatic carbocycles. The third-order valence-electron chi connectivity index (χ3n) is 2.91. The molecule has 124 valence electrons. The Hall–Kier alpha value is -1.17. The molecule has 2 rings (SSSR count). The van der Waals surface area contributed by atoms with Crippen LogP contribution in [0.4, 0.5) is 5.82 Å². The van der Waals surface area contributed by atoms with E-state index in [1.807, 2.05) is 0 Å². The average molecular weight is 337 g/mol. The first-order valence-electron chi connectivity index (χ1n) is 6.09. The first-order chi connectivity index (χ1) is 10.5. The van der Waals surface area contributed by atoms with Crippen molar-refractivity contribution < 1.29 is 34.1 Å². The second-order valence-corrected chi connectivity index (χ2v) is 5.43. The van der Waals surface area contributed by atoms with Crippen molar-refractivity contribution in [1.82, 2.24) is 9.55 Å². The Labute approximate surface area is 125 Å². The van der Waals surface area contributed by atoms with Gasteiger partial charge in [-0.2, -0.15) is 14.5 Å². The zero-order chi connectivity index (χ0) is 16.3. The zero-order valence-electron chi connectivity index (χ0n) is 11.5. The summed E-state index contributed by atoms with van der Waals surface area (Å²) in [6.07, 6.45) is -3.92. The van der Waals surface area contributed by atoms with Crippen LogP contribution in [-0.2, 0) is 19.0 Å². The molecule has 1 aromatic heterocycles. The monoisotopic (exact) mass is 337 g/mol. The summed E-state index contributed by atoms with van der Waals surface area (Å²) < 4.78 is 16.0. The number of nitrogens with two attached hydrogens (primary N) is 1. The maximum Gasteiger partial charge on any atom is 0.351 e. The van der Waals surface area contributed by atoms with Crippen LogP contribution in [0.15, 0.2) is 17.1 Å². The summed E-state index contributed by atoms with van der Waals surface area (Å²) in [5.74, 6) is 0.0405. The first-order valence-corrected chi connectivity index (χ1v) is 7.49. The highest BCUT2D eigenvalue weighted by Crippen LogP contribution is 2.35. The van der Waals surface area contributed by atoms with E-state index in [9.17, 15) is 9.90 Å². The van der Waals surface area contributed by atoms with Crippen molar-refractivity contribution in [3.05, 3.63) is 22.7 Å². The Morgan fingerprint density at radius 1 is 1.59 bits per heavy atom. The Bertz CT molecular complexity index is 557. The summed E-state index contributed by atoms with van der Waals surface area (Å²) in [5.41, 5.74) is 4.71. The van der Waals surface area contributed by atoms with Crippen LogP contribution in [0.5, 0.6) is 0 Å². The highest BCUT2D eigenvalue weighted by atomic mass is 31.2. The van der Waals surface area contributed by atoms with Gasteiger partial charge in [0.25, 0.3) is 0 Å². The number of methoxy groups -OCH3 is 1. The average Bonchev–Trinajstić information content (AvgIpc) is 2.80. The van der Waals surface area contributed by atoms with Crippen molar-refractivity contribution in [3.63, 3.8) is 0 Å². The third kappa shape index (κ3) is 3.59. The van der Waals surface area contributed by atoms with Crippen LogP contribution in [0.2, 0.25) is 0 Å². The van der Waals surface area contributed by atoms with E-state index in [1.54, 1.807) is 0 Å². The van der Waals surface area contributed by atoms with E-state index in [4.69, 9.17) is 30.1 Å². The predicted molar refractivity (Wildman–Crippen MR) is 72.0 cm³/mol. The lowest BCUT2D eigenvalue weighted by molar-refractivity contribution is -0.333. The molecule has 1 aliphatic heterocycles. The molecular formula is C10H16N3O8P. The minimum Gasteiger partial charge on any atom is -0.387 e. The summed E-state index contributed by atoms with van der Waals surface area (Å²) >= 11 is 0. The maximum absolute atomic E-state index is 11.8. The molecule has 1 fully saturated rings. The second-order valence-electron chi connectivity index (χ2n) is 4.29. The topological polar surface area (TPSA) is 159 Å². The Morgan fingerprint density at radius 3 is 2.91 bits per heavy atom.